The van der Waals surface area contributed by atoms with E-state index in [0.29, 0.717) is 28.7 Å². The number of carbonyl (C=O) groups excluding carboxylic acids is 2. The van der Waals surface area contributed by atoms with Crippen molar-refractivity contribution >= 4 is 29.0 Å². The fourth-order valence-corrected chi connectivity index (χ4v) is 9.41. The highest BCUT2D eigenvalue weighted by atomic mass is 35.5. The van der Waals surface area contributed by atoms with Crippen LogP contribution in [-0.2, 0) is 9.59 Å². The van der Waals surface area contributed by atoms with Crippen molar-refractivity contribution in [2.75, 3.05) is 7.11 Å². The van der Waals surface area contributed by atoms with Crippen molar-refractivity contribution in [3.05, 3.63) is 52.6 Å². The third kappa shape index (κ3) is 3.60. The van der Waals surface area contributed by atoms with Gasteiger partial charge < -0.3 is 4.74 Å². The number of halogens is 1. The highest BCUT2D eigenvalue weighted by Crippen LogP contribution is 2.67. The molecular formula is C31H37ClN2O3. The van der Waals surface area contributed by atoms with Gasteiger partial charge in [0.2, 0.25) is 5.91 Å². The van der Waals surface area contributed by atoms with Crippen molar-refractivity contribution < 1.29 is 14.3 Å². The Morgan fingerprint density at radius 2 is 1.92 bits per heavy atom. The minimum absolute atomic E-state index is 0.0238. The number of amides is 1. The van der Waals surface area contributed by atoms with Crippen molar-refractivity contribution in [1.82, 2.24) is 5.01 Å². The molecule has 6 rings (SSSR count). The van der Waals surface area contributed by atoms with E-state index in [9.17, 15) is 9.59 Å². The maximum atomic E-state index is 12.7. The van der Waals surface area contributed by atoms with Crippen LogP contribution in [0.4, 0.5) is 0 Å². The molecule has 0 saturated heterocycles. The Bertz CT molecular complexity index is 1250. The number of allylic oxidation sites excluding steroid dienone is 4. The number of benzene rings is 1. The van der Waals surface area contributed by atoms with Crippen molar-refractivity contribution in [1.29, 1.82) is 0 Å². The predicted octanol–water partition coefficient (Wildman–Crippen LogP) is 6.84. The molecule has 6 heteroatoms. The standard InChI is InChI=1S/C31H37ClN2O3/c1-18(35)34-26(20-7-5-6-8-28(20)37-4)17-25(33-34)23-12-11-21-19-9-10-24-29(32)27(36)14-16-31(24,3)22(19)13-15-30(21,23)2/h5-8,14,16,19,21-23,26H,9-13,15,17H2,1-4H3/t19-,21-,22-,23+,26?,30-,31+/m0/s1. The van der Waals surface area contributed by atoms with Gasteiger partial charge in [-0.2, -0.15) is 5.10 Å². The first-order valence-corrected chi connectivity index (χ1v) is 14.2. The van der Waals surface area contributed by atoms with Crippen molar-refractivity contribution in [2.24, 2.45) is 39.6 Å². The smallest absolute Gasteiger partial charge is 0.240 e. The molecule has 1 amide bonds. The Morgan fingerprint density at radius 1 is 1.14 bits per heavy atom. The first-order valence-electron chi connectivity index (χ1n) is 13.8. The summed E-state index contributed by atoms with van der Waals surface area (Å²) in [6.45, 7) is 6.41. The van der Waals surface area contributed by atoms with Gasteiger partial charge in [-0.25, -0.2) is 5.01 Å². The lowest BCUT2D eigenvalue weighted by Crippen LogP contribution is -2.50. The van der Waals surface area contributed by atoms with Crippen molar-refractivity contribution in [3.63, 3.8) is 0 Å². The summed E-state index contributed by atoms with van der Waals surface area (Å²) in [5.41, 5.74) is 3.44. The Kier molecular flexibility index (Phi) is 5.94. The van der Waals surface area contributed by atoms with Gasteiger partial charge >= 0.3 is 0 Å². The fourth-order valence-electron chi connectivity index (χ4n) is 9.05. The molecule has 0 aromatic heterocycles. The number of hydrazone groups is 1. The number of rotatable bonds is 3. The summed E-state index contributed by atoms with van der Waals surface area (Å²) in [7, 11) is 1.69. The number of ketones is 1. The Hall–Kier alpha value is -2.40. The van der Waals surface area contributed by atoms with E-state index in [1.807, 2.05) is 18.2 Å². The predicted molar refractivity (Wildman–Crippen MR) is 145 cm³/mol. The average Bonchev–Trinajstić information content (AvgIpc) is 3.47. The lowest BCUT2D eigenvalue weighted by molar-refractivity contribution is -0.130. The quantitative estimate of drug-likeness (QED) is 0.438. The molecule has 5 nitrogen and oxygen atoms in total. The summed E-state index contributed by atoms with van der Waals surface area (Å²) in [6, 6.07) is 7.88. The fraction of sp³-hybridized carbons (Fsp3) is 0.581. The van der Waals surface area contributed by atoms with Crippen LogP contribution in [0.25, 0.3) is 0 Å². The zero-order valence-electron chi connectivity index (χ0n) is 22.3. The van der Waals surface area contributed by atoms with Crippen LogP contribution in [-0.4, -0.2) is 29.5 Å². The molecule has 1 aliphatic heterocycles. The van der Waals surface area contributed by atoms with Crippen molar-refractivity contribution in [2.45, 2.75) is 71.8 Å². The topological polar surface area (TPSA) is 59.0 Å². The number of carbonyl (C=O) groups is 2. The van der Waals surface area contributed by atoms with Crippen molar-refractivity contribution in [3.8, 4) is 5.75 Å². The van der Waals surface area contributed by atoms with Gasteiger partial charge in [-0.15, -0.1) is 0 Å². The Labute approximate surface area is 225 Å². The second-order valence-electron chi connectivity index (χ2n) is 12.3. The molecular weight excluding hydrogens is 484 g/mol. The van der Waals surface area contributed by atoms with Crippen LogP contribution in [0.2, 0.25) is 0 Å². The van der Waals surface area contributed by atoms with E-state index >= 15 is 0 Å². The lowest BCUT2D eigenvalue weighted by atomic mass is 9.47. The number of hydrogen-bond donors (Lipinski definition) is 0. The van der Waals surface area contributed by atoms with Crippen LogP contribution in [0.1, 0.15) is 77.3 Å². The summed E-state index contributed by atoms with van der Waals surface area (Å²) < 4.78 is 5.65. The first kappa shape index (κ1) is 24.9. The summed E-state index contributed by atoms with van der Waals surface area (Å²) >= 11 is 6.56. The van der Waals surface area contributed by atoms with Crippen LogP contribution < -0.4 is 4.74 Å². The minimum atomic E-state index is -0.115. The molecule has 0 radical (unpaired) electrons. The van der Waals surface area contributed by atoms with E-state index in [0.717, 1.165) is 55.4 Å². The number of para-hydroxylation sites is 1. The second-order valence-corrected chi connectivity index (χ2v) is 12.7. The molecule has 37 heavy (non-hydrogen) atoms. The van der Waals surface area contributed by atoms with E-state index in [1.54, 1.807) is 25.1 Å². The van der Waals surface area contributed by atoms with Crippen LogP contribution in [0.15, 0.2) is 52.1 Å². The monoisotopic (exact) mass is 520 g/mol. The number of ether oxygens (including phenoxy) is 1. The van der Waals surface area contributed by atoms with Gasteiger partial charge in [0.15, 0.2) is 5.78 Å². The van der Waals surface area contributed by atoms with Crippen LogP contribution in [0.3, 0.4) is 0 Å². The molecule has 0 bridgehead atoms. The Balaban J connectivity index is 1.29. The normalized spacial score (nSPS) is 38.7. The molecule has 1 aromatic rings. The van der Waals surface area contributed by atoms with Gasteiger partial charge in [0.1, 0.15) is 5.75 Å². The summed E-state index contributed by atoms with van der Waals surface area (Å²) in [6.07, 6.45) is 11.3. The molecule has 196 valence electrons. The number of fused-ring (bicyclic) bond motifs is 5. The van der Waals surface area contributed by atoms with Gasteiger partial charge in [0.05, 0.1) is 18.2 Å². The third-order valence-electron chi connectivity index (χ3n) is 10.8. The van der Waals surface area contributed by atoms with Gasteiger partial charge in [0.25, 0.3) is 0 Å². The summed E-state index contributed by atoms with van der Waals surface area (Å²) in [5.74, 6) is 2.90. The van der Waals surface area contributed by atoms with Gasteiger partial charge in [0, 0.05) is 36.0 Å². The van der Waals surface area contributed by atoms with Gasteiger partial charge in [-0.05, 0) is 79.4 Å². The summed E-state index contributed by atoms with van der Waals surface area (Å²) in [4.78, 5) is 25.0. The maximum absolute atomic E-state index is 12.7. The molecule has 1 aromatic carbocycles. The van der Waals surface area contributed by atoms with E-state index < -0.39 is 0 Å². The molecule has 7 atom stereocenters. The Morgan fingerprint density at radius 3 is 2.68 bits per heavy atom. The second kappa shape index (κ2) is 8.83. The average molecular weight is 521 g/mol. The van der Waals surface area contributed by atoms with E-state index in [-0.39, 0.29) is 28.6 Å². The molecule has 3 saturated carbocycles. The zero-order chi connectivity index (χ0) is 26.1. The molecule has 5 aliphatic rings. The van der Waals surface area contributed by atoms with Crippen LogP contribution in [0, 0.1) is 34.5 Å². The maximum Gasteiger partial charge on any atom is 0.240 e. The largest absolute Gasteiger partial charge is 0.496 e. The lowest BCUT2D eigenvalue weighted by Gasteiger charge is -2.57. The number of methoxy groups -OCH3 is 1. The SMILES string of the molecule is COc1ccccc1C1CC([C@H]2CC[C@H]3[C@@H]4CCC5=C(Cl)C(=O)C=C[C@]5(C)[C@H]4CC[C@]23C)=NN1C(C)=O. The number of nitrogens with zero attached hydrogens (tertiary/aromatic N) is 2. The zero-order valence-corrected chi connectivity index (χ0v) is 23.1. The van der Waals surface area contributed by atoms with E-state index in [4.69, 9.17) is 21.4 Å². The minimum Gasteiger partial charge on any atom is -0.496 e. The summed E-state index contributed by atoms with van der Waals surface area (Å²) in [5, 5.41) is 7.17. The van der Waals surface area contributed by atoms with Gasteiger partial charge in [-0.1, -0.05) is 49.7 Å². The van der Waals surface area contributed by atoms with Gasteiger partial charge in [-0.3, -0.25) is 9.59 Å². The van der Waals surface area contributed by atoms with E-state index in [2.05, 4.69) is 26.0 Å². The van der Waals surface area contributed by atoms with E-state index in [1.165, 1.54) is 12.1 Å². The molecule has 1 unspecified atom stereocenters. The molecule has 1 heterocycles. The number of hydrogen-bond acceptors (Lipinski definition) is 4. The van der Waals surface area contributed by atoms with Crippen LogP contribution in [0.5, 0.6) is 5.75 Å². The first-order chi connectivity index (χ1) is 17.7. The third-order valence-corrected chi connectivity index (χ3v) is 11.2. The molecule has 0 N–H and O–H groups in total. The highest BCUT2D eigenvalue weighted by Gasteiger charge is 2.60. The highest BCUT2D eigenvalue weighted by molar-refractivity contribution is 6.45. The molecule has 4 aliphatic carbocycles. The molecule has 3 fully saturated rings. The molecule has 0 spiro atoms. The van der Waals surface area contributed by atoms with Crippen LogP contribution >= 0.6 is 11.6 Å².